The Bertz CT molecular complexity index is 872. The summed E-state index contributed by atoms with van der Waals surface area (Å²) >= 11 is 0. The van der Waals surface area contributed by atoms with E-state index in [1.807, 2.05) is 39.0 Å². The number of allylic oxidation sites excluding steroid dienone is 5. The quantitative estimate of drug-likeness (QED) is 0.0850. The van der Waals surface area contributed by atoms with Crippen molar-refractivity contribution in [1.82, 2.24) is 0 Å². The van der Waals surface area contributed by atoms with Crippen LogP contribution in [0.4, 0.5) is 0 Å². The number of carbonyl (C=O) groups excluding carboxylic acids is 1. The molecule has 220 valence electrons. The lowest BCUT2D eigenvalue weighted by atomic mass is 9.76. The van der Waals surface area contributed by atoms with Gasteiger partial charge < -0.3 is 33.5 Å². The van der Waals surface area contributed by atoms with E-state index in [0.717, 1.165) is 24.0 Å². The first-order valence-corrected chi connectivity index (χ1v) is 15.0. The Morgan fingerprint density at radius 1 is 1.18 bits per heavy atom. The average molecular weight is 561 g/mol. The van der Waals surface area contributed by atoms with Crippen LogP contribution < -0.4 is 0 Å². The highest BCUT2D eigenvalue weighted by atomic mass is 31.2. The largest absolute Gasteiger partial charge is 0.465 e. The van der Waals surface area contributed by atoms with E-state index in [1.165, 1.54) is 14.2 Å². The van der Waals surface area contributed by atoms with Gasteiger partial charge in [-0.15, -0.1) is 0 Å². The highest BCUT2D eigenvalue weighted by molar-refractivity contribution is 7.53. The van der Waals surface area contributed by atoms with Gasteiger partial charge in [0.2, 0.25) is 0 Å². The number of unbranched alkanes of at least 4 members (excludes halogenated alkanes) is 1. The van der Waals surface area contributed by atoms with Gasteiger partial charge in [-0.2, -0.15) is 0 Å². The second-order valence-electron chi connectivity index (χ2n) is 10.5. The standard InChI is InChI=1S/C28H49O9P/c1-9-35-26(31)28(6,16-15-21(2)13-11-10-12-14-22(3)19-29)25-18-24(36-27(4,5)37-25)17-23(30)20-38(32,33-7)34-8/h11,13-15,23-25,29-30H,9-10,12,16-20H2,1-8H3/b13-11+,21-15+,22-14+/t23?,24-,25-,28-/m1/s1. The number of ether oxygens (including phenoxy) is 3. The molecule has 1 fully saturated rings. The van der Waals surface area contributed by atoms with Crippen molar-refractivity contribution in [1.29, 1.82) is 0 Å². The van der Waals surface area contributed by atoms with Crippen molar-refractivity contribution >= 4 is 13.6 Å². The normalized spacial score (nSPS) is 23.3. The second kappa shape index (κ2) is 16.1. The Hall–Kier alpha value is -1.32. The van der Waals surface area contributed by atoms with Gasteiger partial charge in [-0.1, -0.05) is 35.5 Å². The van der Waals surface area contributed by atoms with Crippen molar-refractivity contribution in [2.24, 2.45) is 5.41 Å². The van der Waals surface area contributed by atoms with Gasteiger partial charge in [-0.05, 0) is 60.8 Å². The van der Waals surface area contributed by atoms with E-state index in [9.17, 15) is 14.5 Å². The van der Waals surface area contributed by atoms with Crippen LogP contribution in [0.3, 0.4) is 0 Å². The molecule has 4 atom stereocenters. The predicted molar refractivity (Wildman–Crippen MR) is 148 cm³/mol. The third-order valence-electron chi connectivity index (χ3n) is 6.64. The molecule has 0 saturated carbocycles. The average Bonchev–Trinajstić information content (AvgIpc) is 2.85. The Labute approximate surface area is 228 Å². The summed E-state index contributed by atoms with van der Waals surface area (Å²) in [6.45, 7) is 11.4. The summed E-state index contributed by atoms with van der Waals surface area (Å²) in [6, 6.07) is 0. The molecule has 0 spiro atoms. The van der Waals surface area contributed by atoms with Gasteiger partial charge in [0.15, 0.2) is 5.79 Å². The first-order valence-electron chi connectivity index (χ1n) is 13.2. The van der Waals surface area contributed by atoms with Crippen molar-refractivity contribution < 1.29 is 42.8 Å². The lowest BCUT2D eigenvalue weighted by Crippen LogP contribution is -2.54. The van der Waals surface area contributed by atoms with E-state index in [4.69, 9.17) is 28.4 Å². The molecule has 1 aliphatic rings. The first-order chi connectivity index (χ1) is 17.7. The van der Waals surface area contributed by atoms with Crippen LogP contribution in [0.1, 0.15) is 73.6 Å². The minimum Gasteiger partial charge on any atom is -0.465 e. The molecule has 0 aliphatic carbocycles. The summed E-state index contributed by atoms with van der Waals surface area (Å²) in [4.78, 5) is 13.2. The maximum Gasteiger partial charge on any atom is 0.332 e. The summed E-state index contributed by atoms with van der Waals surface area (Å²) in [7, 11) is -0.824. The van der Waals surface area contributed by atoms with Crippen LogP contribution in [0, 0.1) is 5.41 Å². The lowest BCUT2D eigenvalue weighted by molar-refractivity contribution is -0.318. The van der Waals surface area contributed by atoms with Crippen molar-refractivity contribution in [3.8, 4) is 0 Å². The molecule has 0 aromatic rings. The van der Waals surface area contributed by atoms with E-state index in [-0.39, 0.29) is 31.8 Å². The third-order valence-corrected chi connectivity index (χ3v) is 8.62. The van der Waals surface area contributed by atoms with Gasteiger partial charge in [0, 0.05) is 27.1 Å². The zero-order chi connectivity index (χ0) is 29.0. The molecule has 0 aromatic carbocycles. The summed E-state index contributed by atoms with van der Waals surface area (Å²) in [5.74, 6) is -1.37. The van der Waals surface area contributed by atoms with E-state index >= 15 is 0 Å². The van der Waals surface area contributed by atoms with E-state index in [2.05, 4.69) is 6.08 Å². The van der Waals surface area contributed by atoms with Crippen molar-refractivity contribution in [2.45, 2.75) is 97.7 Å². The topological polar surface area (TPSA) is 121 Å². The van der Waals surface area contributed by atoms with Crippen LogP contribution in [0.5, 0.6) is 0 Å². The predicted octanol–water partition coefficient (Wildman–Crippen LogP) is 5.31. The van der Waals surface area contributed by atoms with Gasteiger partial charge in [0.05, 0.1) is 43.1 Å². The molecule has 0 bridgehead atoms. The van der Waals surface area contributed by atoms with Crippen LogP contribution in [0.2, 0.25) is 0 Å². The molecule has 1 aliphatic heterocycles. The number of aliphatic hydroxyl groups is 2. The summed E-state index contributed by atoms with van der Waals surface area (Å²) in [5.41, 5.74) is 0.967. The molecule has 2 N–H and O–H groups in total. The number of aliphatic hydroxyl groups excluding tert-OH is 2. The molecule has 9 nitrogen and oxygen atoms in total. The summed E-state index contributed by atoms with van der Waals surface area (Å²) in [6.07, 6.45) is 8.58. The van der Waals surface area contributed by atoms with E-state index in [0.29, 0.717) is 12.8 Å². The maximum atomic E-state index is 13.2. The van der Waals surface area contributed by atoms with Crippen molar-refractivity contribution in [3.63, 3.8) is 0 Å². The molecule has 1 heterocycles. The third kappa shape index (κ3) is 11.4. The van der Waals surface area contributed by atoms with Crippen molar-refractivity contribution in [2.75, 3.05) is 33.6 Å². The molecule has 0 amide bonds. The Morgan fingerprint density at radius 2 is 1.84 bits per heavy atom. The number of carbonyl (C=O) groups is 1. The minimum atomic E-state index is -3.39. The smallest absolute Gasteiger partial charge is 0.332 e. The molecular formula is C28H49O9P. The molecule has 0 radical (unpaired) electrons. The SMILES string of the molecule is CCOC(=O)[C@](C)(C/C=C(C)/C=C/CC/C=C(\C)CO)[C@H]1C[C@@H](CC(O)CP(=O)(OC)OC)OC(C)(C)O1. The monoisotopic (exact) mass is 560 g/mol. The fourth-order valence-electron chi connectivity index (χ4n) is 4.34. The second-order valence-corrected chi connectivity index (χ2v) is 12.8. The van der Waals surface area contributed by atoms with Gasteiger partial charge in [0.1, 0.15) is 0 Å². The fourth-order valence-corrected chi connectivity index (χ4v) is 5.46. The van der Waals surface area contributed by atoms with Crippen LogP contribution in [0.15, 0.2) is 35.5 Å². The number of hydrogen-bond donors (Lipinski definition) is 2. The molecule has 0 aromatic heterocycles. The molecule has 10 heteroatoms. The lowest BCUT2D eigenvalue weighted by Gasteiger charge is -2.46. The fraction of sp³-hybridized carbons (Fsp3) is 0.750. The summed E-state index contributed by atoms with van der Waals surface area (Å²) in [5, 5.41) is 19.7. The van der Waals surface area contributed by atoms with Crippen LogP contribution >= 0.6 is 7.60 Å². The molecule has 38 heavy (non-hydrogen) atoms. The van der Waals surface area contributed by atoms with Gasteiger partial charge in [-0.25, -0.2) is 0 Å². The zero-order valence-corrected chi connectivity index (χ0v) is 25.3. The van der Waals surface area contributed by atoms with E-state index in [1.54, 1.807) is 20.8 Å². The van der Waals surface area contributed by atoms with Gasteiger partial charge in [-0.3, -0.25) is 9.36 Å². The van der Waals surface area contributed by atoms with Gasteiger partial charge >= 0.3 is 13.6 Å². The molecular weight excluding hydrogens is 511 g/mol. The first kappa shape index (κ1) is 34.7. The Kier molecular flexibility index (Phi) is 14.7. The summed E-state index contributed by atoms with van der Waals surface area (Å²) < 4.78 is 40.2. The highest BCUT2D eigenvalue weighted by Crippen LogP contribution is 2.48. The number of hydrogen-bond acceptors (Lipinski definition) is 9. The molecule has 1 unspecified atom stereocenters. The Balaban J connectivity index is 3.05. The number of esters is 1. The Morgan fingerprint density at radius 3 is 2.42 bits per heavy atom. The minimum absolute atomic E-state index is 0.0705. The van der Waals surface area contributed by atoms with Crippen LogP contribution in [0.25, 0.3) is 0 Å². The number of rotatable bonds is 16. The van der Waals surface area contributed by atoms with Gasteiger partial charge in [0.25, 0.3) is 0 Å². The molecule has 1 saturated heterocycles. The van der Waals surface area contributed by atoms with E-state index < -0.39 is 37.1 Å². The maximum absolute atomic E-state index is 13.2. The zero-order valence-electron chi connectivity index (χ0n) is 24.4. The highest BCUT2D eigenvalue weighted by Gasteiger charge is 2.49. The van der Waals surface area contributed by atoms with Crippen molar-refractivity contribution in [3.05, 3.63) is 35.5 Å². The van der Waals surface area contributed by atoms with Crippen LogP contribution in [-0.4, -0.2) is 73.9 Å². The van der Waals surface area contributed by atoms with Crippen LogP contribution in [-0.2, 0) is 32.6 Å². The molecule has 1 rings (SSSR count).